The fraction of sp³-hybridized carbons (Fsp3) is 0.647. The quantitative estimate of drug-likeness (QED) is 0.774. The topological polar surface area (TPSA) is 40.6 Å². The van der Waals surface area contributed by atoms with E-state index in [1.807, 2.05) is 28.2 Å². The Hall–Kier alpha value is -1.36. The standard InChI is InChI=1S/C17H26N2O2S/c1-4-14(5-2)19-11-13(10-16(19)20)17(21)18(6-3)12-15-8-7-9-22-15/h7-9,13-14H,4-6,10-12H2,1-3H3. The zero-order chi connectivity index (χ0) is 16.1. The Bertz CT molecular complexity index is 497. The van der Waals surface area contributed by atoms with Crippen LogP contribution >= 0.6 is 11.3 Å². The molecule has 2 heterocycles. The van der Waals surface area contributed by atoms with E-state index in [2.05, 4.69) is 19.9 Å². The number of amides is 2. The molecule has 1 fully saturated rings. The van der Waals surface area contributed by atoms with Gasteiger partial charge in [-0.25, -0.2) is 0 Å². The molecule has 4 nitrogen and oxygen atoms in total. The number of carbonyl (C=O) groups excluding carboxylic acids is 2. The van der Waals surface area contributed by atoms with E-state index in [0.717, 1.165) is 12.8 Å². The fourth-order valence-corrected chi connectivity index (χ4v) is 3.89. The van der Waals surface area contributed by atoms with Crippen molar-refractivity contribution in [2.75, 3.05) is 13.1 Å². The minimum absolute atomic E-state index is 0.123. The van der Waals surface area contributed by atoms with E-state index in [0.29, 0.717) is 26.1 Å². The predicted octanol–water partition coefficient (Wildman–Crippen LogP) is 3.13. The number of nitrogens with zero attached hydrogens (tertiary/aromatic N) is 2. The van der Waals surface area contributed by atoms with Crippen molar-refractivity contribution in [3.05, 3.63) is 22.4 Å². The largest absolute Gasteiger partial charge is 0.339 e. The minimum atomic E-state index is -0.173. The molecule has 0 radical (unpaired) electrons. The molecule has 5 heteroatoms. The molecule has 1 saturated heterocycles. The Kier molecular flexibility index (Phi) is 6.00. The summed E-state index contributed by atoms with van der Waals surface area (Å²) < 4.78 is 0. The number of hydrogen-bond acceptors (Lipinski definition) is 3. The Morgan fingerprint density at radius 3 is 2.68 bits per heavy atom. The lowest BCUT2D eigenvalue weighted by Gasteiger charge is -2.27. The van der Waals surface area contributed by atoms with Crippen LogP contribution in [0.2, 0.25) is 0 Å². The van der Waals surface area contributed by atoms with Crippen LogP contribution in [0.3, 0.4) is 0 Å². The third kappa shape index (κ3) is 3.69. The first kappa shape index (κ1) is 17.0. The van der Waals surface area contributed by atoms with Crippen molar-refractivity contribution >= 4 is 23.2 Å². The van der Waals surface area contributed by atoms with Crippen LogP contribution in [0, 0.1) is 5.92 Å². The zero-order valence-electron chi connectivity index (χ0n) is 13.7. The number of rotatable bonds is 7. The van der Waals surface area contributed by atoms with Gasteiger partial charge in [0.05, 0.1) is 12.5 Å². The van der Waals surface area contributed by atoms with Gasteiger partial charge >= 0.3 is 0 Å². The van der Waals surface area contributed by atoms with Gasteiger partial charge in [0.1, 0.15) is 0 Å². The maximum Gasteiger partial charge on any atom is 0.228 e. The van der Waals surface area contributed by atoms with Crippen LogP contribution in [0.1, 0.15) is 44.9 Å². The van der Waals surface area contributed by atoms with Gasteiger partial charge in [-0.3, -0.25) is 9.59 Å². The maximum atomic E-state index is 12.7. The lowest BCUT2D eigenvalue weighted by Crippen LogP contribution is -2.39. The van der Waals surface area contributed by atoms with E-state index in [4.69, 9.17) is 0 Å². The molecule has 0 aromatic carbocycles. The fourth-order valence-electron chi connectivity index (χ4n) is 3.17. The monoisotopic (exact) mass is 322 g/mol. The first-order valence-corrected chi connectivity index (χ1v) is 9.09. The van der Waals surface area contributed by atoms with Gasteiger partial charge in [-0.1, -0.05) is 19.9 Å². The normalized spacial score (nSPS) is 18.3. The van der Waals surface area contributed by atoms with Crippen LogP contribution in [0.4, 0.5) is 0 Å². The van der Waals surface area contributed by atoms with Crippen LogP contribution in [-0.2, 0) is 16.1 Å². The van der Waals surface area contributed by atoms with E-state index < -0.39 is 0 Å². The van der Waals surface area contributed by atoms with Gasteiger partial charge in [-0.15, -0.1) is 11.3 Å². The van der Waals surface area contributed by atoms with Gasteiger partial charge in [0.25, 0.3) is 0 Å². The van der Waals surface area contributed by atoms with Gasteiger partial charge < -0.3 is 9.80 Å². The summed E-state index contributed by atoms with van der Waals surface area (Å²) in [5.74, 6) is 0.0879. The first-order chi connectivity index (χ1) is 10.6. The Morgan fingerprint density at radius 1 is 1.41 bits per heavy atom. The third-order valence-corrected chi connectivity index (χ3v) is 5.37. The second kappa shape index (κ2) is 7.77. The van der Waals surface area contributed by atoms with Crippen LogP contribution in [-0.4, -0.2) is 40.7 Å². The van der Waals surface area contributed by atoms with Crippen LogP contribution in [0.5, 0.6) is 0 Å². The van der Waals surface area contributed by atoms with E-state index in [-0.39, 0.29) is 23.8 Å². The molecule has 122 valence electrons. The average Bonchev–Trinajstić information content (AvgIpc) is 3.16. The molecule has 1 aromatic rings. The minimum Gasteiger partial charge on any atom is -0.339 e. The first-order valence-electron chi connectivity index (χ1n) is 8.21. The lowest BCUT2D eigenvalue weighted by molar-refractivity contribution is -0.136. The number of hydrogen-bond donors (Lipinski definition) is 0. The zero-order valence-corrected chi connectivity index (χ0v) is 14.6. The molecule has 0 aliphatic carbocycles. The third-order valence-electron chi connectivity index (χ3n) is 4.51. The van der Waals surface area contributed by atoms with E-state index in [1.165, 1.54) is 4.88 Å². The Balaban J connectivity index is 2.01. The second-order valence-electron chi connectivity index (χ2n) is 5.85. The molecule has 1 aromatic heterocycles. The molecule has 0 bridgehead atoms. The highest BCUT2D eigenvalue weighted by Gasteiger charge is 2.38. The lowest BCUT2D eigenvalue weighted by atomic mass is 10.1. The molecule has 0 spiro atoms. The summed E-state index contributed by atoms with van der Waals surface area (Å²) in [6.45, 7) is 8.14. The molecule has 2 amide bonds. The summed E-state index contributed by atoms with van der Waals surface area (Å²) in [5, 5.41) is 2.03. The summed E-state index contributed by atoms with van der Waals surface area (Å²) in [6.07, 6.45) is 2.28. The van der Waals surface area contributed by atoms with Crippen molar-refractivity contribution in [3.63, 3.8) is 0 Å². The summed E-state index contributed by atoms with van der Waals surface area (Å²) in [4.78, 5) is 30.0. The second-order valence-corrected chi connectivity index (χ2v) is 6.88. The van der Waals surface area contributed by atoms with Crippen molar-refractivity contribution in [2.24, 2.45) is 5.92 Å². The molecule has 0 N–H and O–H groups in total. The molecule has 1 unspecified atom stereocenters. The van der Waals surface area contributed by atoms with Crippen LogP contribution in [0.25, 0.3) is 0 Å². The van der Waals surface area contributed by atoms with E-state index in [1.54, 1.807) is 11.3 Å². The van der Waals surface area contributed by atoms with Gasteiger partial charge in [0.15, 0.2) is 0 Å². The van der Waals surface area contributed by atoms with Crippen LogP contribution < -0.4 is 0 Å². The van der Waals surface area contributed by atoms with Gasteiger partial charge in [0, 0.05) is 30.4 Å². The molecule has 1 aliphatic rings. The Morgan fingerprint density at radius 2 is 2.14 bits per heavy atom. The van der Waals surface area contributed by atoms with Crippen molar-refractivity contribution in [1.82, 2.24) is 9.80 Å². The Labute approximate surface area is 137 Å². The number of thiophene rings is 1. The highest BCUT2D eigenvalue weighted by atomic mass is 32.1. The average molecular weight is 322 g/mol. The van der Waals surface area contributed by atoms with Crippen molar-refractivity contribution in [2.45, 2.75) is 52.6 Å². The number of carbonyl (C=O) groups is 2. The SMILES string of the molecule is CCC(CC)N1CC(C(=O)N(CC)Cc2cccs2)CC1=O. The molecule has 2 rings (SSSR count). The molecule has 1 atom stereocenters. The van der Waals surface area contributed by atoms with Gasteiger partial charge in [0.2, 0.25) is 11.8 Å². The summed E-state index contributed by atoms with van der Waals surface area (Å²) >= 11 is 1.67. The summed E-state index contributed by atoms with van der Waals surface area (Å²) in [7, 11) is 0. The smallest absolute Gasteiger partial charge is 0.228 e. The summed E-state index contributed by atoms with van der Waals surface area (Å²) in [6, 6.07) is 4.33. The highest BCUT2D eigenvalue weighted by Crippen LogP contribution is 2.25. The van der Waals surface area contributed by atoms with Gasteiger partial charge in [-0.05, 0) is 31.2 Å². The van der Waals surface area contributed by atoms with E-state index >= 15 is 0 Å². The molecular formula is C17H26N2O2S. The number of likely N-dealkylation sites (tertiary alicyclic amines) is 1. The highest BCUT2D eigenvalue weighted by molar-refractivity contribution is 7.09. The van der Waals surface area contributed by atoms with Crippen molar-refractivity contribution in [1.29, 1.82) is 0 Å². The molecule has 0 saturated carbocycles. The maximum absolute atomic E-state index is 12.7. The molecular weight excluding hydrogens is 296 g/mol. The molecule has 22 heavy (non-hydrogen) atoms. The molecule has 1 aliphatic heterocycles. The van der Waals surface area contributed by atoms with E-state index in [9.17, 15) is 9.59 Å². The van der Waals surface area contributed by atoms with Crippen molar-refractivity contribution in [3.8, 4) is 0 Å². The summed E-state index contributed by atoms with van der Waals surface area (Å²) in [5.41, 5.74) is 0. The predicted molar refractivity (Wildman–Crippen MR) is 89.6 cm³/mol. The van der Waals surface area contributed by atoms with Crippen LogP contribution in [0.15, 0.2) is 17.5 Å². The van der Waals surface area contributed by atoms with Crippen molar-refractivity contribution < 1.29 is 9.59 Å². The van der Waals surface area contributed by atoms with Gasteiger partial charge in [-0.2, -0.15) is 0 Å².